The first kappa shape index (κ1) is 16.9. The molecular formula is C15H26N2O2S2. The summed E-state index contributed by atoms with van der Waals surface area (Å²) in [4.78, 5) is 1.39. The van der Waals surface area contributed by atoms with Gasteiger partial charge >= 0.3 is 0 Å². The Kier molecular flexibility index (Phi) is 5.46. The van der Waals surface area contributed by atoms with Gasteiger partial charge in [-0.05, 0) is 49.1 Å². The Labute approximate surface area is 132 Å². The van der Waals surface area contributed by atoms with Gasteiger partial charge in [0, 0.05) is 18.0 Å². The molecule has 1 aromatic rings. The predicted molar refractivity (Wildman–Crippen MR) is 88.2 cm³/mol. The van der Waals surface area contributed by atoms with E-state index in [0.29, 0.717) is 18.0 Å². The minimum Gasteiger partial charge on any atom is -0.312 e. The van der Waals surface area contributed by atoms with Crippen molar-refractivity contribution in [2.45, 2.75) is 57.9 Å². The molecule has 6 heteroatoms. The van der Waals surface area contributed by atoms with Crippen molar-refractivity contribution in [3.8, 4) is 0 Å². The Morgan fingerprint density at radius 1 is 1.33 bits per heavy atom. The molecule has 0 radical (unpaired) electrons. The number of thiophene rings is 1. The summed E-state index contributed by atoms with van der Waals surface area (Å²) in [5.41, 5.74) is 1.08. The molecule has 120 valence electrons. The van der Waals surface area contributed by atoms with Gasteiger partial charge in [-0.15, -0.1) is 11.3 Å². The monoisotopic (exact) mass is 330 g/mol. The van der Waals surface area contributed by atoms with Crippen molar-refractivity contribution in [3.05, 3.63) is 15.8 Å². The summed E-state index contributed by atoms with van der Waals surface area (Å²) in [5.74, 6) is 0. The number of hydrogen-bond donors (Lipinski definition) is 2. The molecule has 0 unspecified atom stereocenters. The van der Waals surface area contributed by atoms with Gasteiger partial charge in [0.15, 0.2) is 0 Å². The van der Waals surface area contributed by atoms with E-state index < -0.39 is 10.0 Å². The molecule has 1 fully saturated rings. The van der Waals surface area contributed by atoms with E-state index in [2.05, 4.69) is 17.0 Å². The van der Waals surface area contributed by atoms with Crippen LogP contribution in [0, 0.1) is 12.3 Å². The van der Waals surface area contributed by atoms with Crippen molar-refractivity contribution >= 4 is 21.4 Å². The van der Waals surface area contributed by atoms with E-state index in [-0.39, 0.29) is 5.41 Å². The maximum absolute atomic E-state index is 12.6. The van der Waals surface area contributed by atoms with Crippen LogP contribution in [0.3, 0.4) is 0 Å². The minimum absolute atomic E-state index is 0.230. The standard InChI is InChI=1S/C15H26N2O2S2/c1-4-6-15(7-8-15)11-17-21(18,19)14-12(3)10-20-13(14)9-16-5-2/h10,16-17H,4-9,11H2,1-3H3. The van der Waals surface area contributed by atoms with Gasteiger partial charge in [-0.1, -0.05) is 20.3 Å². The van der Waals surface area contributed by atoms with Gasteiger partial charge in [0.05, 0.1) is 0 Å². The van der Waals surface area contributed by atoms with E-state index in [1.807, 2.05) is 19.2 Å². The molecule has 1 saturated carbocycles. The minimum atomic E-state index is -3.40. The number of rotatable bonds is 9. The van der Waals surface area contributed by atoms with E-state index in [1.54, 1.807) is 0 Å². The van der Waals surface area contributed by atoms with Crippen LogP contribution in [-0.2, 0) is 16.6 Å². The SMILES string of the molecule is CCCC1(CNS(=O)(=O)c2c(C)csc2CNCC)CC1. The van der Waals surface area contributed by atoms with Crippen LogP contribution in [0.2, 0.25) is 0 Å². The zero-order chi connectivity index (χ0) is 15.5. The Morgan fingerprint density at radius 3 is 2.62 bits per heavy atom. The first-order valence-electron chi connectivity index (χ1n) is 7.71. The molecule has 4 nitrogen and oxygen atoms in total. The van der Waals surface area contributed by atoms with Crippen molar-refractivity contribution in [1.29, 1.82) is 0 Å². The second-order valence-electron chi connectivity index (χ2n) is 6.03. The van der Waals surface area contributed by atoms with Crippen LogP contribution in [0.5, 0.6) is 0 Å². The van der Waals surface area contributed by atoms with Gasteiger partial charge in [-0.2, -0.15) is 0 Å². The molecule has 0 saturated heterocycles. The van der Waals surface area contributed by atoms with Gasteiger partial charge in [0.1, 0.15) is 4.90 Å². The highest BCUT2D eigenvalue weighted by Crippen LogP contribution is 2.49. The van der Waals surface area contributed by atoms with Crippen molar-refractivity contribution < 1.29 is 8.42 Å². The molecule has 21 heavy (non-hydrogen) atoms. The molecule has 0 aromatic carbocycles. The third-order valence-electron chi connectivity index (χ3n) is 4.17. The van der Waals surface area contributed by atoms with Gasteiger partial charge in [0.25, 0.3) is 0 Å². The molecule has 0 spiro atoms. The van der Waals surface area contributed by atoms with E-state index >= 15 is 0 Å². The molecular weight excluding hydrogens is 304 g/mol. The lowest BCUT2D eigenvalue weighted by molar-refractivity contribution is 0.449. The van der Waals surface area contributed by atoms with E-state index in [4.69, 9.17) is 0 Å². The largest absolute Gasteiger partial charge is 0.312 e. The molecule has 1 aliphatic rings. The number of sulfonamides is 1. The fraction of sp³-hybridized carbons (Fsp3) is 0.733. The number of hydrogen-bond acceptors (Lipinski definition) is 4. The lowest BCUT2D eigenvalue weighted by Crippen LogP contribution is -2.31. The second kappa shape index (κ2) is 6.77. The Bertz CT molecular complexity index is 574. The molecule has 2 rings (SSSR count). The van der Waals surface area contributed by atoms with Crippen molar-refractivity contribution in [2.75, 3.05) is 13.1 Å². The number of aryl methyl sites for hydroxylation is 1. The lowest BCUT2D eigenvalue weighted by atomic mass is 10.0. The van der Waals surface area contributed by atoms with Crippen molar-refractivity contribution in [1.82, 2.24) is 10.0 Å². The smallest absolute Gasteiger partial charge is 0.242 e. The zero-order valence-electron chi connectivity index (χ0n) is 13.2. The van der Waals surface area contributed by atoms with Crippen molar-refractivity contribution in [3.63, 3.8) is 0 Å². The Morgan fingerprint density at radius 2 is 2.05 bits per heavy atom. The van der Waals surface area contributed by atoms with Crippen LogP contribution in [0.15, 0.2) is 10.3 Å². The normalized spacial score (nSPS) is 17.1. The van der Waals surface area contributed by atoms with Crippen LogP contribution < -0.4 is 10.0 Å². The highest BCUT2D eigenvalue weighted by Gasteiger charge is 2.42. The van der Waals surface area contributed by atoms with Crippen LogP contribution >= 0.6 is 11.3 Å². The van der Waals surface area contributed by atoms with Gasteiger partial charge in [0.2, 0.25) is 10.0 Å². The fourth-order valence-electron chi connectivity index (χ4n) is 2.75. The molecule has 1 aromatic heterocycles. The molecule has 0 amide bonds. The summed E-state index contributed by atoms with van der Waals surface area (Å²) < 4.78 is 28.1. The van der Waals surface area contributed by atoms with Crippen molar-refractivity contribution in [2.24, 2.45) is 5.41 Å². The summed E-state index contributed by atoms with van der Waals surface area (Å²) >= 11 is 1.52. The topological polar surface area (TPSA) is 58.2 Å². The Hall–Kier alpha value is -0.430. The lowest BCUT2D eigenvalue weighted by Gasteiger charge is -2.16. The zero-order valence-corrected chi connectivity index (χ0v) is 14.8. The Balaban J connectivity index is 2.10. The predicted octanol–water partition coefficient (Wildman–Crippen LogP) is 3.02. The van der Waals surface area contributed by atoms with Gasteiger partial charge < -0.3 is 5.32 Å². The highest BCUT2D eigenvalue weighted by molar-refractivity contribution is 7.89. The van der Waals surface area contributed by atoms with Crippen LogP contribution in [0.1, 0.15) is 50.0 Å². The second-order valence-corrected chi connectivity index (χ2v) is 8.69. The highest BCUT2D eigenvalue weighted by atomic mass is 32.2. The van der Waals surface area contributed by atoms with E-state index in [0.717, 1.165) is 42.7 Å². The third kappa shape index (κ3) is 4.06. The van der Waals surface area contributed by atoms with Gasteiger partial charge in [-0.3, -0.25) is 0 Å². The maximum Gasteiger partial charge on any atom is 0.242 e. The summed E-state index contributed by atoms with van der Waals surface area (Å²) in [6.07, 6.45) is 4.53. The summed E-state index contributed by atoms with van der Waals surface area (Å²) in [6.45, 7) is 8.09. The van der Waals surface area contributed by atoms with E-state index in [9.17, 15) is 8.42 Å². The average molecular weight is 331 g/mol. The summed E-state index contributed by atoms with van der Waals surface area (Å²) in [6, 6.07) is 0. The van der Waals surface area contributed by atoms with Gasteiger partial charge in [-0.25, -0.2) is 13.1 Å². The molecule has 0 atom stereocenters. The molecule has 0 bridgehead atoms. The molecule has 0 aliphatic heterocycles. The summed E-state index contributed by atoms with van der Waals surface area (Å²) in [7, 11) is -3.40. The average Bonchev–Trinajstić information content (AvgIpc) is 3.10. The molecule has 1 heterocycles. The quantitative estimate of drug-likeness (QED) is 0.732. The third-order valence-corrected chi connectivity index (χ3v) is 7.03. The first-order chi connectivity index (χ1) is 9.94. The fourth-order valence-corrected chi connectivity index (χ4v) is 5.68. The van der Waals surface area contributed by atoms with Crippen LogP contribution in [-0.4, -0.2) is 21.5 Å². The summed E-state index contributed by atoms with van der Waals surface area (Å²) in [5, 5.41) is 5.14. The molecule has 2 N–H and O–H groups in total. The van der Waals surface area contributed by atoms with E-state index in [1.165, 1.54) is 11.3 Å². The van der Waals surface area contributed by atoms with Crippen LogP contribution in [0.4, 0.5) is 0 Å². The number of nitrogens with one attached hydrogen (secondary N) is 2. The molecule has 1 aliphatic carbocycles. The van der Waals surface area contributed by atoms with Crippen LogP contribution in [0.25, 0.3) is 0 Å². The maximum atomic E-state index is 12.6. The first-order valence-corrected chi connectivity index (χ1v) is 10.1.